The topological polar surface area (TPSA) is 108 Å². The molecular weight excluding hydrogens is 278 g/mol. The van der Waals surface area contributed by atoms with Gasteiger partial charge in [0, 0.05) is 32.6 Å². The highest BCUT2D eigenvalue weighted by atomic mass is 16.5. The number of nitrogens with one attached hydrogen (secondary N) is 2. The average Bonchev–Trinajstić information content (AvgIpc) is 2.45. The summed E-state index contributed by atoms with van der Waals surface area (Å²) >= 11 is 0. The van der Waals surface area contributed by atoms with Gasteiger partial charge in [0.1, 0.15) is 6.61 Å². The van der Waals surface area contributed by atoms with E-state index in [4.69, 9.17) is 9.84 Å². The molecule has 8 heteroatoms. The third-order valence-corrected chi connectivity index (χ3v) is 3.17. The fourth-order valence-electron chi connectivity index (χ4n) is 2.10. The summed E-state index contributed by atoms with van der Waals surface area (Å²) in [6.45, 7) is 3.47. The number of carboxylic acid groups (broad SMARTS) is 1. The van der Waals surface area contributed by atoms with Crippen molar-refractivity contribution in [3.63, 3.8) is 0 Å². The highest BCUT2D eigenvalue weighted by Gasteiger charge is 2.23. The molecule has 0 atom stereocenters. The lowest BCUT2D eigenvalue weighted by atomic mass is 10.1. The number of urea groups is 1. The molecule has 0 radical (unpaired) electrons. The van der Waals surface area contributed by atoms with Crippen molar-refractivity contribution in [2.24, 2.45) is 0 Å². The Morgan fingerprint density at radius 1 is 1.24 bits per heavy atom. The van der Waals surface area contributed by atoms with Gasteiger partial charge in [-0.1, -0.05) is 0 Å². The van der Waals surface area contributed by atoms with Crippen LogP contribution in [-0.2, 0) is 14.3 Å². The zero-order valence-corrected chi connectivity index (χ0v) is 12.3. The SMILES string of the molecule is CCNC(=O)CCNC(=O)N1CCC(OCC(=O)O)CC1. The third kappa shape index (κ3) is 6.94. The van der Waals surface area contributed by atoms with Gasteiger partial charge in [0.05, 0.1) is 6.10 Å². The molecule has 3 amide bonds. The summed E-state index contributed by atoms with van der Waals surface area (Å²) in [5.41, 5.74) is 0. The summed E-state index contributed by atoms with van der Waals surface area (Å²) in [5, 5.41) is 13.9. The Balaban J connectivity index is 2.16. The van der Waals surface area contributed by atoms with E-state index in [1.165, 1.54) is 0 Å². The number of carboxylic acids is 1. The highest BCUT2D eigenvalue weighted by Crippen LogP contribution is 2.13. The maximum absolute atomic E-state index is 11.9. The van der Waals surface area contributed by atoms with Gasteiger partial charge in [-0.2, -0.15) is 0 Å². The lowest BCUT2D eigenvalue weighted by Crippen LogP contribution is -2.46. The number of carbonyl (C=O) groups is 3. The van der Waals surface area contributed by atoms with Crippen molar-refractivity contribution in [1.29, 1.82) is 0 Å². The average molecular weight is 301 g/mol. The minimum absolute atomic E-state index is 0.0846. The van der Waals surface area contributed by atoms with Crippen LogP contribution in [0.15, 0.2) is 0 Å². The van der Waals surface area contributed by atoms with Crippen molar-refractivity contribution in [2.45, 2.75) is 32.3 Å². The van der Waals surface area contributed by atoms with Crippen LogP contribution in [0.2, 0.25) is 0 Å². The number of nitrogens with zero attached hydrogens (tertiary/aromatic N) is 1. The summed E-state index contributed by atoms with van der Waals surface area (Å²) in [6, 6.07) is -0.198. The van der Waals surface area contributed by atoms with Crippen molar-refractivity contribution in [1.82, 2.24) is 15.5 Å². The van der Waals surface area contributed by atoms with E-state index in [-0.39, 0.29) is 31.1 Å². The number of likely N-dealkylation sites (tertiary alicyclic amines) is 1. The fourth-order valence-corrected chi connectivity index (χ4v) is 2.10. The van der Waals surface area contributed by atoms with E-state index in [0.29, 0.717) is 39.0 Å². The molecule has 0 aromatic rings. The van der Waals surface area contributed by atoms with Gasteiger partial charge in [0.15, 0.2) is 0 Å². The molecule has 0 saturated carbocycles. The minimum atomic E-state index is -0.986. The van der Waals surface area contributed by atoms with Crippen LogP contribution < -0.4 is 10.6 Å². The van der Waals surface area contributed by atoms with E-state index in [1.807, 2.05) is 6.92 Å². The molecule has 21 heavy (non-hydrogen) atoms. The maximum Gasteiger partial charge on any atom is 0.329 e. The molecule has 0 spiro atoms. The molecule has 120 valence electrons. The first-order valence-electron chi connectivity index (χ1n) is 7.15. The zero-order valence-electron chi connectivity index (χ0n) is 12.3. The van der Waals surface area contributed by atoms with Gasteiger partial charge in [-0.3, -0.25) is 4.79 Å². The smallest absolute Gasteiger partial charge is 0.329 e. The van der Waals surface area contributed by atoms with Crippen LogP contribution in [0.1, 0.15) is 26.2 Å². The van der Waals surface area contributed by atoms with Crippen LogP contribution >= 0.6 is 0 Å². The molecule has 1 rings (SSSR count). The van der Waals surface area contributed by atoms with Crippen LogP contribution in [0, 0.1) is 0 Å². The van der Waals surface area contributed by atoms with Crippen LogP contribution in [-0.4, -0.2) is 66.8 Å². The second-order valence-electron chi connectivity index (χ2n) is 4.83. The first-order chi connectivity index (χ1) is 10.0. The predicted octanol–water partition coefficient (Wildman–Crippen LogP) is -0.212. The molecule has 0 aliphatic carbocycles. The number of rotatable bonds is 7. The van der Waals surface area contributed by atoms with E-state index >= 15 is 0 Å². The zero-order chi connectivity index (χ0) is 15.7. The number of hydrogen-bond donors (Lipinski definition) is 3. The molecule has 1 heterocycles. The van der Waals surface area contributed by atoms with Crippen LogP contribution in [0.3, 0.4) is 0 Å². The van der Waals surface area contributed by atoms with Crippen molar-refractivity contribution in [3.8, 4) is 0 Å². The van der Waals surface area contributed by atoms with Gasteiger partial charge in [-0.15, -0.1) is 0 Å². The van der Waals surface area contributed by atoms with Crippen molar-refractivity contribution in [3.05, 3.63) is 0 Å². The molecule has 0 aromatic heterocycles. The maximum atomic E-state index is 11.9. The molecule has 1 saturated heterocycles. The standard InChI is InChI=1S/C13H23N3O5/c1-2-14-11(17)3-6-15-13(20)16-7-4-10(5-8-16)21-9-12(18)19/h10H,2-9H2,1H3,(H,14,17)(H,15,20)(H,18,19). The second kappa shape index (κ2) is 9.17. The monoisotopic (exact) mass is 301 g/mol. The van der Waals surface area contributed by atoms with Crippen molar-refractivity contribution >= 4 is 17.9 Å². The molecule has 3 N–H and O–H groups in total. The van der Waals surface area contributed by atoms with Gasteiger partial charge in [0.2, 0.25) is 5.91 Å². The number of ether oxygens (including phenoxy) is 1. The van der Waals surface area contributed by atoms with Gasteiger partial charge in [-0.25, -0.2) is 9.59 Å². The summed E-state index contributed by atoms with van der Waals surface area (Å²) in [5.74, 6) is -1.07. The van der Waals surface area contributed by atoms with Gasteiger partial charge in [0.25, 0.3) is 0 Å². The van der Waals surface area contributed by atoms with Crippen molar-refractivity contribution < 1.29 is 24.2 Å². The van der Waals surface area contributed by atoms with E-state index in [1.54, 1.807) is 4.90 Å². The second-order valence-corrected chi connectivity index (χ2v) is 4.83. The Labute approximate surface area is 123 Å². The van der Waals surface area contributed by atoms with Crippen molar-refractivity contribution in [2.75, 3.05) is 32.8 Å². The molecule has 1 fully saturated rings. The first-order valence-corrected chi connectivity index (χ1v) is 7.15. The molecule has 1 aliphatic rings. The molecular formula is C13H23N3O5. The van der Waals surface area contributed by atoms with Crippen LogP contribution in [0.25, 0.3) is 0 Å². The fraction of sp³-hybridized carbons (Fsp3) is 0.769. The lowest BCUT2D eigenvalue weighted by molar-refractivity contribution is -0.145. The van der Waals surface area contributed by atoms with Gasteiger partial charge in [-0.05, 0) is 19.8 Å². The molecule has 0 bridgehead atoms. The number of piperidine rings is 1. The Hall–Kier alpha value is -1.83. The van der Waals surface area contributed by atoms with E-state index in [2.05, 4.69) is 10.6 Å². The molecule has 8 nitrogen and oxygen atoms in total. The first kappa shape index (κ1) is 17.2. The normalized spacial score (nSPS) is 15.6. The summed E-state index contributed by atoms with van der Waals surface area (Å²) < 4.78 is 5.20. The lowest BCUT2D eigenvalue weighted by Gasteiger charge is -2.31. The third-order valence-electron chi connectivity index (χ3n) is 3.17. The summed E-state index contributed by atoms with van der Waals surface area (Å²) in [4.78, 5) is 35.1. The predicted molar refractivity (Wildman–Crippen MR) is 74.9 cm³/mol. The summed E-state index contributed by atoms with van der Waals surface area (Å²) in [7, 11) is 0. The molecule has 0 aromatic carbocycles. The van der Waals surface area contributed by atoms with Crippen LogP contribution in [0.4, 0.5) is 4.79 Å². The Kier molecular flexibility index (Phi) is 7.52. The Bertz CT molecular complexity index is 367. The van der Waals surface area contributed by atoms with Gasteiger partial charge >= 0.3 is 12.0 Å². The number of carbonyl (C=O) groups excluding carboxylic acids is 2. The van der Waals surface area contributed by atoms with E-state index in [9.17, 15) is 14.4 Å². The largest absolute Gasteiger partial charge is 0.480 e. The molecule has 0 unspecified atom stereocenters. The van der Waals surface area contributed by atoms with E-state index < -0.39 is 5.97 Å². The number of hydrogen-bond acceptors (Lipinski definition) is 4. The quantitative estimate of drug-likeness (QED) is 0.603. The number of aliphatic carboxylic acids is 1. The number of amides is 3. The summed E-state index contributed by atoms with van der Waals surface area (Å²) in [6.07, 6.45) is 1.40. The van der Waals surface area contributed by atoms with Gasteiger partial charge < -0.3 is 25.4 Å². The Morgan fingerprint density at radius 2 is 1.90 bits per heavy atom. The van der Waals surface area contributed by atoms with E-state index in [0.717, 1.165) is 0 Å². The molecule has 1 aliphatic heterocycles. The Morgan fingerprint density at radius 3 is 2.48 bits per heavy atom. The highest BCUT2D eigenvalue weighted by molar-refractivity contribution is 5.78. The van der Waals surface area contributed by atoms with Crippen LogP contribution in [0.5, 0.6) is 0 Å². The minimum Gasteiger partial charge on any atom is -0.480 e.